The van der Waals surface area contributed by atoms with E-state index >= 15 is 0 Å². The molecule has 0 bridgehead atoms. The number of amides is 3. The molecule has 4 heterocycles. The molecule has 13 nitrogen and oxygen atoms in total. The number of amidine groups is 1. The summed E-state index contributed by atoms with van der Waals surface area (Å²) in [6.45, 7) is 4.69. The lowest BCUT2D eigenvalue weighted by Gasteiger charge is -2.29. The maximum Gasteiger partial charge on any atom is 0.319 e. The van der Waals surface area contributed by atoms with E-state index in [2.05, 4.69) is 30.8 Å². The van der Waals surface area contributed by atoms with E-state index in [0.717, 1.165) is 22.8 Å². The van der Waals surface area contributed by atoms with E-state index in [1.807, 2.05) is 42.4 Å². The number of hydrogen-bond acceptors (Lipinski definition) is 10. The molecule has 3 amide bonds. The Labute approximate surface area is 262 Å². The molecular weight excluding hydrogens is 596 g/mol. The molecule has 4 aliphatic rings. The Balaban J connectivity index is 1.13. The number of nitrogens with one attached hydrogen (secondary N) is 3. The van der Waals surface area contributed by atoms with Gasteiger partial charge in [0.2, 0.25) is 6.67 Å². The summed E-state index contributed by atoms with van der Waals surface area (Å²) in [6, 6.07) is 8.91. The number of pyridine rings is 1. The number of fused-ring (bicyclic) bond motifs is 1. The van der Waals surface area contributed by atoms with E-state index in [9.17, 15) is 18.0 Å². The van der Waals surface area contributed by atoms with Gasteiger partial charge in [0.05, 0.1) is 35.9 Å². The lowest BCUT2D eigenvalue weighted by Crippen LogP contribution is -2.46. The van der Waals surface area contributed by atoms with Gasteiger partial charge in [0.25, 0.3) is 5.91 Å². The van der Waals surface area contributed by atoms with Crippen molar-refractivity contribution in [3.63, 3.8) is 0 Å². The van der Waals surface area contributed by atoms with Crippen LogP contribution in [0, 0.1) is 6.92 Å². The van der Waals surface area contributed by atoms with Gasteiger partial charge in [0.15, 0.2) is 6.20 Å². The van der Waals surface area contributed by atoms with Crippen LogP contribution in [0.25, 0.3) is 0 Å². The van der Waals surface area contributed by atoms with Crippen molar-refractivity contribution in [2.24, 2.45) is 4.99 Å². The van der Waals surface area contributed by atoms with Crippen LogP contribution in [0.4, 0.5) is 22.0 Å². The third-order valence-corrected chi connectivity index (χ3v) is 10.3. The smallest absolute Gasteiger partial charge is 0.319 e. The second-order valence-electron chi connectivity index (χ2n) is 11.7. The quantitative estimate of drug-likeness (QED) is 0.393. The first kappa shape index (κ1) is 30.7. The van der Waals surface area contributed by atoms with Gasteiger partial charge in [-0.15, -0.1) is 0 Å². The van der Waals surface area contributed by atoms with Crippen molar-refractivity contribution in [3.05, 3.63) is 72.0 Å². The van der Waals surface area contributed by atoms with E-state index in [1.54, 1.807) is 29.4 Å². The number of aliphatic imine (C=N–C) groups is 1. The average molecular weight is 635 g/mol. The van der Waals surface area contributed by atoms with Crippen LogP contribution in [0.3, 0.4) is 0 Å². The van der Waals surface area contributed by atoms with Crippen molar-refractivity contribution < 1.29 is 22.7 Å². The maximum absolute atomic E-state index is 12.9. The third kappa shape index (κ3) is 7.02. The number of anilines is 3. The van der Waals surface area contributed by atoms with Gasteiger partial charge in [-0.05, 0) is 62.4 Å². The standard InChI is InChI=1S/C31H38N8O5S/c1-21-25(36-31(41)34-23-7-9-24(10-8-23)45(2,42)43)4-3-5-27(21)39-19-26(29-32-12-13-38(29)20-39)35-28-11-6-22(18-33-28)30(40)37-14-16-44-17-15-37/h3-6,11-13,18-19,23-24H,7-10,14-17,20H2,1-2H3,(H,33,35)(H2,34,36,41)/q+1. The zero-order valence-corrected chi connectivity index (χ0v) is 26.2. The number of carbonyl (C=O) groups is 2. The highest BCUT2D eigenvalue weighted by Gasteiger charge is 2.37. The van der Waals surface area contributed by atoms with E-state index in [-0.39, 0.29) is 23.2 Å². The average Bonchev–Trinajstić information content (AvgIpc) is 3.52. The fourth-order valence-electron chi connectivity index (χ4n) is 6.05. The molecule has 1 aromatic carbocycles. The van der Waals surface area contributed by atoms with Gasteiger partial charge in [-0.25, -0.2) is 18.2 Å². The molecular formula is C31H38N8O5S+. The summed E-state index contributed by atoms with van der Waals surface area (Å²) in [5, 5.41) is 9.02. The van der Waals surface area contributed by atoms with Gasteiger partial charge in [-0.2, -0.15) is 4.99 Å². The minimum absolute atomic E-state index is 0.0621. The predicted molar refractivity (Wildman–Crippen MR) is 173 cm³/mol. The molecule has 6 rings (SSSR count). The number of nitrogens with zero attached hydrogens (tertiary/aromatic N) is 5. The molecule has 2 fully saturated rings. The number of morpholine rings is 1. The van der Waals surface area contributed by atoms with Gasteiger partial charge in [0, 0.05) is 43.5 Å². The molecule has 3 N–H and O–H groups in total. The zero-order valence-electron chi connectivity index (χ0n) is 25.4. The second kappa shape index (κ2) is 13.0. The van der Waals surface area contributed by atoms with Crippen LogP contribution < -0.4 is 25.8 Å². The molecule has 3 aliphatic heterocycles. The van der Waals surface area contributed by atoms with E-state index < -0.39 is 9.84 Å². The van der Waals surface area contributed by atoms with Crippen LogP contribution in [0.5, 0.6) is 0 Å². The molecule has 45 heavy (non-hydrogen) atoms. The first-order chi connectivity index (χ1) is 21.7. The molecule has 1 saturated carbocycles. The summed E-state index contributed by atoms with van der Waals surface area (Å²) >= 11 is 0. The van der Waals surface area contributed by atoms with E-state index in [0.29, 0.717) is 75.7 Å². The number of rotatable bonds is 7. The summed E-state index contributed by atoms with van der Waals surface area (Å²) in [7, 11) is -3.06. The predicted octanol–water partition coefficient (Wildman–Crippen LogP) is 3.09. The molecule has 0 unspecified atom stereocenters. The summed E-state index contributed by atoms with van der Waals surface area (Å²) in [5.74, 6) is 1.26. The highest BCUT2D eigenvalue weighted by Crippen LogP contribution is 2.31. The number of carbonyl (C=O) groups excluding carboxylic acids is 2. The monoisotopic (exact) mass is 634 g/mol. The topological polar surface area (TPSA) is 151 Å². The normalized spacial score (nSPS) is 21.9. The van der Waals surface area contributed by atoms with Crippen LogP contribution in [0.15, 0.2) is 65.8 Å². The van der Waals surface area contributed by atoms with Crippen LogP contribution >= 0.6 is 0 Å². The Morgan fingerprint density at radius 2 is 1.84 bits per heavy atom. The van der Waals surface area contributed by atoms with Crippen molar-refractivity contribution in [1.29, 1.82) is 0 Å². The Morgan fingerprint density at radius 3 is 2.56 bits per heavy atom. The van der Waals surface area contributed by atoms with Gasteiger partial charge >= 0.3 is 11.9 Å². The highest BCUT2D eigenvalue weighted by atomic mass is 32.2. The fraction of sp³-hybridized carbons (Fsp3) is 0.419. The van der Waals surface area contributed by atoms with Gasteiger partial charge in [0.1, 0.15) is 21.4 Å². The summed E-state index contributed by atoms with van der Waals surface area (Å²) in [5.41, 5.74) is 3.72. The highest BCUT2D eigenvalue weighted by molar-refractivity contribution is 7.91. The second-order valence-corrected chi connectivity index (χ2v) is 14.0. The number of urea groups is 1. The fourth-order valence-corrected chi connectivity index (χ4v) is 7.18. The van der Waals surface area contributed by atoms with Crippen LogP contribution in [0.2, 0.25) is 0 Å². The molecule has 0 atom stereocenters. The third-order valence-electron chi connectivity index (χ3n) is 8.60. The minimum atomic E-state index is -3.06. The first-order valence-corrected chi connectivity index (χ1v) is 17.1. The number of sulfone groups is 1. The Kier molecular flexibility index (Phi) is 8.88. The molecule has 0 spiro atoms. The van der Waals surface area contributed by atoms with Crippen molar-refractivity contribution in [1.82, 2.24) is 20.1 Å². The van der Waals surface area contributed by atoms with Crippen LogP contribution in [0.1, 0.15) is 41.6 Å². The summed E-state index contributed by atoms with van der Waals surface area (Å²) in [6.07, 6.45) is 10.8. The Morgan fingerprint density at radius 1 is 1.07 bits per heavy atom. The molecule has 1 radical (unpaired) electrons. The largest absolute Gasteiger partial charge is 0.378 e. The molecule has 1 aromatic heterocycles. The van der Waals surface area contributed by atoms with Crippen molar-refractivity contribution in [3.8, 4) is 0 Å². The lowest BCUT2D eigenvalue weighted by molar-refractivity contribution is 0.0302. The van der Waals surface area contributed by atoms with Gasteiger partial charge in [-0.3, -0.25) is 9.69 Å². The Hall–Kier alpha value is -4.27. The van der Waals surface area contributed by atoms with Gasteiger partial charge < -0.3 is 25.6 Å². The molecule has 14 heteroatoms. The minimum Gasteiger partial charge on any atom is -0.378 e. The number of benzene rings is 1. The molecule has 2 aromatic rings. The molecule has 1 aliphatic carbocycles. The zero-order chi connectivity index (χ0) is 31.6. The SMILES string of the molecule is Cc1c(NC(=O)NC2CCC(S(C)(=O)=O)CC2)cccc1N1C=C(Nc2ccc(C(=O)N3CCOCC3)cn2)C2=NC=C[N+]2C1. The van der Waals surface area contributed by atoms with E-state index in [4.69, 9.17) is 4.74 Å². The lowest BCUT2D eigenvalue weighted by atomic mass is 9.95. The van der Waals surface area contributed by atoms with Crippen molar-refractivity contribution in [2.45, 2.75) is 43.9 Å². The summed E-state index contributed by atoms with van der Waals surface area (Å²) in [4.78, 5) is 40.6. The maximum atomic E-state index is 12.9. The van der Waals surface area contributed by atoms with Crippen molar-refractivity contribution in [2.75, 3.05) is 54.8 Å². The molecule has 237 valence electrons. The van der Waals surface area contributed by atoms with Crippen molar-refractivity contribution >= 4 is 44.8 Å². The number of aromatic nitrogens is 1. The molecule has 1 saturated heterocycles. The van der Waals surface area contributed by atoms with E-state index in [1.165, 1.54) is 6.26 Å². The number of hydrogen-bond donors (Lipinski definition) is 3. The number of ether oxygens (including phenoxy) is 1. The van der Waals surface area contributed by atoms with Crippen LogP contribution in [-0.4, -0.2) is 86.6 Å². The van der Waals surface area contributed by atoms with Gasteiger partial charge in [-0.1, -0.05) is 11.0 Å². The Bertz CT molecular complexity index is 1640. The summed E-state index contributed by atoms with van der Waals surface area (Å²) < 4.78 is 29.1. The first-order valence-electron chi connectivity index (χ1n) is 15.1. The van der Waals surface area contributed by atoms with Crippen LogP contribution in [-0.2, 0) is 14.6 Å².